The van der Waals surface area contributed by atoms with Crippen molar-refractivity contribution in [3.05, 3.63) is 30.3 Å². The zero-order chi connectivity index (χ0) is 15.2. The minimum absolute atomic E-state index is 0.0884. The average molecular weight is 321 g/mol. The summed E-state index contributed by atoms with van der Waals surface area (Å²) >= 11 is 2.96. The Balaban J connectivity index is 2.15. The molecule has 0 saturated heterocycles. The van der Waals surface area contributed by atoms with E-state index in [4.69, 9.17) is 5.84 Å². The van der Waals surface area contributed by atoms with Crippen LogP contribution in [-0.2, 0) is 4.79 Å². The van der Waals surface area contributed by atoms with E-state index >= 15 is 0 Å². The number of carbonyl (C=O) groups excluding carboxylic acids is 1. The quantitative estimate of drug-likeness (QED) is 0.256. The average Bonchev–Trinajstić information content (AvgIpc) is 2.48. The van der Waals surface area contributed by atoms with Crippen molar-refractivity contribution in [2.45, 2.75) is 22.0 Å². The SMILES string of the molecule is CSc1nc(NN)cc(Sc2ccc(NC(C)=O)cc2)n1. The molecule has 0 aliphatic carbocycles. The third-order valence-electron chi connectivity index (χ3n) is 2.41. The van der Waals surface area contributed by atoms with Crippen molar-refractivity contribution in [2.24, 2.45) is 5.84 Å². The maximum absolute atomic E-state index is 11.0. The van der Waals surface area contributed by atoms with Gasteiger partial charge >= 0.3 is 0 Å². The summed E-state index contributed by atoms with van der Waals surface area (Å²) in [5.74, 6) is 5.89. The zero-order valence-corrected chi connectivity index (χ0v) is 13.2. The number of hydrogen-bond donors (Lipinski definition) is 3. The van der Waals surface area contributed by atoms with E-state index in [-0.39, 0.29) is 5.91 Å². The highest BCUT2D eigenvalue weighted by Crippen LogP contribution is 2.29. The number of anilines is 2. The first kappa shape index (κ1) is 15.6. The van der Waals surface area contributed by atoms with Gasteiger partial charge in [0, 0.05) is 23.6 Å². The van der Waals surface area contributed by atoms with E-state index in [0.717, 1.165) is 15.6 Å². The summed E-state index contributed by atoms with van der Waals surface area (Å²) in [6, 6.07) is 9.33. The van der Waals surface area contributed by atoms with Gasteiger partial charge in [0.15, 0.2) is 5.16 Å². The predicted molar refractivity (Wildman–Crippen MR) is 86.5 cm³/mol. The molecule has 0 bridgehead atoms. The molecule has 1 aromatic carbocycles. The van der Waals surface area contributed by atoms with Crippen molar-refractivity contribution < 1.29 is 4.79 Å². The fourth-order valence-corrected chi connectivity index (χ4v) is 2.81. The first-order valence-corrected chi connectivity index (χ1v) is 8.10. The molecule has 0 fully saturated rings. The predicted octanol–water partition coefficient (Wildman–Crippen LogP) is 2.59. The van der Waals surface area contributed by atoms with E-state index < -0.39 is 0 Å². The van der Waals surface area contributed by atoms with E-state index in [1.807, 2.05) is 30.5 Å². The lowest BCUT2D eigenvalue weighted by Gasteiger charge is -2.07. The van der Waals surface area contributed by atoms with Gasteiger partial charge in [-0.05, 0) is 30.5 Å². The second kappa shape index (κ2) is 7.30. The molecule has 6 nitrogen and oxygen atoms in total. The molecule has 4 N–H and O–H groups in total. The van der Waals surface area contributed by atoms with Gasteiger partial charge in [-0.2, -0.15) is 0 Å². The van der Waals surface area contributed by atoms with Gasteiger partial charge in [-0.1, -0.05) is 23.5 Å². The molecule has 1 aromatic heterocycles. The van der Waals surface area contributed by atoms with Crippen molar-refractivity contribution in [1.82, 2.24) is 9.97 Å². The number of nitrogens with two attached hydrogens (primary N) is 1. The first-order valence-electron chi connectivity index (χ1n) is 6.06. The van der Waals surface area contributed by atoms with Gasteiger partial charge in [0.1, 0.15) is 10.8 Å². The highest BCUT2D eigenvalue weighted by atomic mass is 32.2. The number of hydrazine groups is 1. The second-order valence-corrected chi connectivity index (χ2v) is 5.90. The smallest absolute Gasteiger partial charge is 0.221 e. The molecule has 2 rings (SSSR count). The van der Waals surface area contributed by atoms with Crippen molar-refractivity contribution in [2.75, 3.05) is 17.0 Å². The van der Waals surface area contributed by atoms with Crippen LogP contribution in [-0.4, -0.2) is 22.1 Å². The number of amides is 1. The van der Waals surface area contributed by atoms with Gasteiger partial charge in [0.25, 0.3) is 0 Å². The van der Waals surface area contributed by atoms with Crippen LogP contribution in [0, 0.1) is 0 Å². The van der Waals surface area contributed by atoms with E-state index in [0.29, 0.717) is 11.0 Å². The van der Waals surface area contributed by atoms with Crippen molar-refractivity contribution in [3.8, 4) is 0 Å². The number of benzene rings is 1. The van der Waals surface area contributed by atoms with Gasteiger partial charge < -0.3 is 10.7 Å². The summed E-state index contributed by atoms with van der Waals surface area (Å²) in [6.07, 6.45) is 1.91. The van der Waals surface area contributed by atoms with Gasteiger partial charge in [-0.15, -0.1) is 0 Å². The van der Waals surface area contributed by atoms with Crippen LogP contribution in [0.3, 0.4) is 0 Å². The van der Waals surface area contributed by atoms with Crippen LogP contribution in [0.2, 0.25) is 0 Å². The molecule has 0 aliphatic rings. The Kier molecular flexibility index (Phi) is 5.43. The summed E-state index contributed by atoms with van der Waals surface area (Å²) in [7, 11) is 0. The Morgan fingerprint density at radius 3 is 2.52 bits per heavy atom. The number of nitrogen functional groups attached to an aromatic ring is 1. The molecule has 1 heterocycles. The van der Waals surface area contributed by atoms with Gasteiger partial charge in [-0.3, -0.25) is 4.79 Å². The molecule has 0 saturated carbocycles. The standard InChI is InChI=1S/C13H15N5OS2/c1-8(19)15-9-3-5-10(6-4-9)21-12-7-11(18-14)16-13(17-12)20-2/h3-7H,14H2,1-2H3,(H,15,19)(H,16,17,18). The fourth-order valence-electron chi connectivity index (χ4n) is 1.55. The summed E-state index contributed by atoms with van der Waals surface area (Å²) in [5, 5.41) is 4.18. The summed E-state index contributed by atoms with van der Waals surface area (Å²) in [5.41, 5.74) is 3.30. The molecule has 2 aromatic rings. The molecule has 21 heavy (non-hydrogen) atoms. The number of nitrogens with zero attached hydrogens (tertiary/aromatic N) is 2. The molecule has 0 unspecified atom stereocenters. The molecule has 0 radical (unpaired) electrons. The molecular formula is C13H15N5OS2. The van der Waals surface area contributed by atoms with Crippen LogP contribution < -0.4 is 16.6 Å². The number of nitrogens with one attached hydrogen (secondary N) is 2. The van der Waals surface area contributed by atoms with Gasteiger partial charge in [0.2, 0.25) is 5.91 Å². The second-order valence-electron chi connectivity index (χ2n) is 4.03. The normalized spacial score (nSPS) is 10.2. The maximum Gasteiger partial charge on any atom is 0.221 e. The van der Waals surface area contributed by atoms with Crippen LogP contribution >= 0.6 is 23.5 Å². The summed E-state index contributed by atoms with van der Waals surface area (Å²) < 4.78 is 0. The molecule has 8 heteroatoms. The van der Waals surface area contributed by atoms with Crippen LogP contribution in [0.4, 0.5) is 11.5 Å². The Morgan fingerprint density at radius 2 is 1.95 bits per heavy atom. The monoisotopic (exact) mass is 321 g/mol. The Bertz CT molecular complexity index is 611. The van der Waals surface area contributed by atoms with E-state index in [1.54, 1.807) is 6.07 Å². The van der Waals surface area contributed by atoms with E-state index in [2.05, 4.69) is 20.7 Å². The highest BCUT2D eigenvalue weighted by molar-refractivity contribution is 7.99. The zero-order valence-electron chi connectivity index (χ0n) is 11.6. The Morgan fingerprint density at radius 1 is 1.24 bits per heavy atom. The fraction of sp³-hybridized carbons (Fsp3) is 0.154. The van der Waals surface area contributed by atoms with E-state index in [1.165, 1.54) is 30.4 Å². The van der Waals surface area contributed by atoms with Crippen LogP contribution in [0.25, 0.3) is 0 Å². The third kappa shape index (κ3) is 4.62. The molecular weight excluding hydrogens is 306 g/mol. The van der Waals surface area contributed by atoms with Crippen LogP contribution in [0.15, 0.2) is 45.4 Å². The van der Waals surface area contributed by atoms with Crippen molar-refractivity contribution in [1.29, 1.82) is 0 Å². The van der Waals surface area contributed by atoms with Gasteiger partial charge in [0.05, 0.1) is 0 Å². The van der Waals surface area contributed by atoms with Gasteiger partial charge in [-0.25, -0.2) is 15.8 Å². The number of rotatable bonds is 5. The molecule has 1 amide bonds. The van der Waals surface area contributed by atoms with E-state index in [9.17, 15) is 4.79 Å². The first-order chi connectivity index (χ1) is 10.1. The minimum Gasteiger partial charge on any atom is -0.326 e. The lowest BCUT2D eigenvalue weighted by molar-refractivity contribution is -0.114. The number of carbonyl (C=O) groups is 1. The molecule has 0 spiro atoms. The molecule has 110 valence electrons. The number of thioether (sulfide) groups is 1. The highest BCUT2D eigenvalue weighted by Gasteiger charge is 2.05. The van der Waals surface area contributed by atoms with Crippen LogP contribution in [0.1, 0.15) is 6.92 Å². The molecule has 0 aliphatic heterocycles. The molecule has 0 atom stereocenters. The van der Waals surface area contributed by atoms with Crippen molar-refractivity contribution in [3.63, 3.8) is 0 Å². The largest absolute Gasteiger partial charge is 0.326 e. The summed E-state index contributed by atoms with van der Waals surface area (Å²) in [6.45, 7) is 1.48. The maximum atomic E-state index is 11.0. The number of hydrogen-bond acceptors (Lipinski definition) is 7. The Labute approximate surface area is 131 Å². The topological polar surface area (TPSA) is 92.9 Å². The van der Waals surface area contributed by atoms with Crippen molar-refractivity contribution >= 4 is 40.9 Å². The number of aromatic nitrogens is 2. The summed E-state index contributed by atoms with van der Waals surface area (Å²) in [4.78, 5) is 20.6. The van der Waals surface area contributed by atoms with Crippen LogP contribution in [0.5, 0.6) is 0 Å². The minimum atomic E-state index is -0.0884. The lowest BCUT2D eigenvalue weighted by atomic mass is 10.3. The lowest BCUT2D eigenvalue weighted by Crippen LogP contribution is -2.09. The third-order valence-corrected chi connectivity index (χ3v) is 3.88. The Hall–Kier alpha value is -1.77.